The normalized spacial score (nSPS) is 24.1. The predicted octanol–water partition coefficient (Wildman–Crippen LogP) is 3.23. The van der Waals surface area contributed by atoms with Gasteiger partial charge in [-0.3, -0.25) is 14.7 Å². The van der Waals surface area contributed by atoms with Crippen molar-refractivity contribution in [2.45, 2.75) is 77.4 Å². The Kier molecular flexibility index (Phi) is 7.88. The smallest absolute Gasteiger partial charge is 0.225 e. The van der Waals surface area contributed by atoms with Gasteiger partial charge in [0, 0.05) is 55.6 Å². The fourth-order valence-corrected chi connectivity index (χ4v) is 6.07. The van der Waals surface area contributed by atoms with Crippen LogP contribution in [0.25, 0.3) is 0 Å². The molecule has 1 aliphatic carbocycles. The maximum absolute atomic E-state index is 12.9. The van der Waals surface area contributed by atoms with Crippen LogP contribution in [0.4, 0.5) is 0 Å². The molecule has 7 heteroatoms. The van der Waals surface area contributed by atoms with Crippen molar-refractivity contribution in [3.8, 4) is 0 Å². The number of carbonyl (C=O) groups excluding carboxylic acids is 1. The molecule has 2 unspecified atom stereocenters. The molecule has 3 heterocycles. The molecule has 1 aromatic rings. The fraction of sp³-hybridized carbons (Fsp3) is 0.750. The molecule has 2 aliphatic heterocycles. The second kappa shape index (κ2) is 10.8. The van der Waals surface area contributed by atoms with Crippen LogP contribution in [0, 0.1) is 5.92 Å². The summed E-state index contributed by atoms with van der Waals surface area (Å²) in [5.74, 6) is 1.54. The van der Waals surface area contributed by atoms with Crippen molar-refractivity contribution in [3.63, 3.8) is 0 Å². The molecule has 1 saturated heterocycles. The number of nitrogens with zero attached hydrogens (tertiary/aromatic N) is 3. The zero-order valence-electron chi connectivity index (χ0n) is 19.2. The minimum atomic E-state index is 0.267. The molecule has 0 radical (unpaired) electrons. The van der Waals surface area contributed by atoms with Gasteiger partial charge in [0.15, 0.2) is 5.96 Å². The van der Waals surface area contributed by atoms with E-state index >= 15 is 0 Å². The van der Waals surface area contributed by atoms with Gasteiger partial charge in [0.2, 0.25) is 5.91 Å². The Labute approximate surface area is 191 Å². The summed E-state index contributed by atoms with van der Waals surface area (Å²) in [5.41, 5.74) is 1.49. The van der Waals surface area contributed by atoms with Crippen molar-refractivity contribution in [1.82, 2.24) is 20.4 Å². The largest absolute Gasteiger partial charge is 0.357 e. The highest BCUT2D eigenvalue weighted by Gasteiger charge is 2.32. The van der Waals surface area contributed by atoms with Crippen LogP contribution in [-0.4, -0.2) is 66.5 Å². The van der Waals surface area contributed by atoms with E-state index in [9.17, 15) is 4.79 Å². The van der Waals surface area contributed by atoms with E-state index in [1.165, 1.54) is 24.8 Å². The molecule has 2 N–H and O–H groups in total. The van der Waals surface area contributed by atoms with Gasteiger partial charge in [-0.15, -0.1) is 11.3 Å². The highest BCUT2D eigenvalue weighted by Crippen LogP contribution is 2.27. The van der Waals surface area contributed by atoms with Crippen molar-refractivity contribution in [2.24, 2.45) is 10.9 Å². The van der Waals surface area contributed by atoms with Gasteiger partial charge in [0.1, 0.15) is 0 Å². The molecule has 0 spiro atoms. The molecule has 6 nitrogen and oxygen atoms in total. The Bertz CT molecular complexity index is 757. The number of aliphatic imine (C=N–C) groups is 1. The molecule has 1 aromatic heterocycles. The summed E-state index contributed by atoms with van der Waals surface area (Å²) in [4.78, 5) is 24.0. The SMILES string of the molecule is CCNC(=NCC(C)N1CCc2sccc2C1)NC1CCN(C(=O)C2CCCCC2)C1. The number of hydrogen-bond donors (Lipinski definition) is 2. The second-order valence-corrected chi connectivity index (χ2v) is 10.4. The molecule has 31 heavy (non-hydrogen) atoms. The number of hydrogen-bond acceptors (Lipinski definition) is 4. The molecular formula is C24H39N5OS. The molecular weight excluding hydrogens is 406 g/mol. The number of rotatable bonds is 6. The summed E-state index contributed by atoms with van der Waals surface area (Å²) in [6.07, 6.45) is 8.05. The van der Waals surface area contributed by atoms with E-state index in [0.29, 0.717) is 18.0 Å². The van der Waals surface area contributed by atoms with Crippen LogP contribution in [0.5, 0.6) is 0 Å². The monoisotopic (exact) mass is 445 g/mol. The molecule has 4 rings (SSSR count). The van der Waals surface area contributed by atoms with E-state index in [2.05, 4.69) is 45.7 Å². The lowest BCUT2D eigenvalue weighted by molar-refractivity contribution is -0.135. The van der Waals surface area contributed by atoms with Crippen LogP contribution in [-0.2, 0) is 17.8 Å². The molecule has 2 atom stereocenters. The third kappa shape index (κ3) is 5.80. The van der Waals surface area contributed by atoms with Crippen LogP contribution < -0.4 is 10.6 Å². The Morgan fingerprint density at radius 2 is 2.10 bits per heavy atom. The number of carbonyl (C=O) groups is 1. The maximum atomic E-state index is 12.9. The van der Waals surface area contributed by atoms with Gasteiger partial charge in [-0.05, 0) is 56.5 Å². The first-order valence-electron chi connectivity index (χ1n) is 12.3. The van der Waals surface area contributed by atoms with Gasteiger partial charge >= 0.3 is 0 Å². The summed E-state index contributed by atoms with van der Waals surface area (Å²) in [6.45, 7) is 9.87. The molecule has 0 aromatic carbocycles. The molecule has 1 amide bonds. The van der Waals surface area contributed by atoms with E-state index in [4.69, 9.17) is 4.99 Å². The second-order valence-electron chi connectivity index (χ2n) is 9.41. The van der Waals surface area contributed by atoms with E-state index in [0.717, 1.165) is 70.9 Å². The van der Waals surface area contributed by atoms with Crippen molar-refractivity contribution in [3.05, 3.63) is 21.9 Å². The first-order chi connectivity index (χ1) is 15.1. The number of guanidine groups is 1. The Morgan fingerprint density at radius 1 is 1.26 bits per heavy atom. The van der Waals surface area contributed by atoms with E-state index in [-0.39, 0.29) is 5.92 Å². The van der Waals surface area contributed by atoms with Gasteiger partial charge in [0.25, 0.3) is 0 Å². The van der Waals surface area contributed by atoms with Gasteiger partial charge in [-0.2, -0.15) is 0 Å². The lowest BCUT2D eigenvalue weighted by Gasteiger charge is -2.31. The van der Waals surface area contributed by atoms with Gasteiger partial charge in [0.05, 0.1) is 6.54 Å². The lowest BCUT2D eigenvalue weighted by Crippen LogP contribution is -2.46. The summed E-state index contributed by atoms with van der Waals surface area (Å²) >= 11 is 1.89. The third-order valence-corrected chi connectivity index (χ3v) is 8.14. The van der Waals surface area contributed by atoms with E-state index < -0.39 is 0 Å². The number of likely N-dealkylation sites (tertiary alicyclic amines) is 1. The Hall–Kier alpha value is -1.60. The first kappa shape index (κ1) is 22.6. The van der Waals surface area contributed by atoms with Crippen molar-refractivity contribution < 1.29 is 4.79 Å². The predicted molar refractivity (Wildman–Crippen MR) is 129 cm³/mol. The Balaban J connectivity index is 1.27. The van der Waals surface area contributed by atoms with Crippen LogP contribution in [0.15, 0.2) is 16.4 Å². The van der Waals surface area contributed by atoms with E-state index in [1.807, 2.05) is 11.3 Å². The van der Waals surface area contributed by atoms with Crippen LogP contribution in [0.3, 0.4) is 0 Å². The first-order valence-corrected chi connectivity index (χ1v) is 13.1. The number of nitrogens with one attached hydrogen (secondary N) is 2. The van der Waals surface area contributed by atoms with Gasteiger partial charge in [-0.25, -0.2) is 0 Å². The lowest BCUT2D eigenvalue weighted by atomic mass is 9.88. The zero-order valence-corrected chi connectivity index (χ0v) is 20.1. The number of fused-ring (bicyclic) bond motifs is 1. The van der Waals surface area contributed by atoms with Crippen LogP contribution in [0.1, 0.15) is 62.8 Å². The maximum Gasteiger partial charge on any atom is 0.225 e. The van der Waals surface area contributed by atoms with Crippen LogP contribution in [0.2, 0.25) is 0 Å². The molecule has 2 fully saturated rings. The quantitative estimate of drug-likeness (QED) is 0.521. The molecule has 1 saturated carbocycles. The molecule has 0 bridgehead atoms. The van der Waals surface area contributed by atoms with Crippen LogP contribution >= 0.6 is 11.3 Å². The minimum absolute atomic E-state index is 0.267. The summed E-state index contributed by atoms with van der Waals surface area (Å²) in [7, 11) is 0. The summed E-state index contributed by atoms with van der Waals surface area (Å²) < 4.78 is 0. The highest BCUT2D eigenvalue weighted by molar-refractivity contribution is 7.10. The molecule has 3 aliphatic rings. The topological polar surface area (TPSA) is 60.0 Å². The average Bonchev–Trinajstić information content (AvgIpc) is 3.46. The number of amides is 1. The molecule has 172 valence electrons. The fourth-order valence-electron chi connectivity index (χ4n) is 5.18. The zero-order chi connectivity index (χ0) is 21.6. The van der Waals surface area contributed by atoms with Gasteiger partial charge < -0.3 is 15.5 Å². The average molecular weight is 446 g/mol. The minimum Gasteiger partial charge on any atom is -0.357 e. The van der Waals surface area contributed by atoms with Crippen molar-refractivity contribution >= 4 is 23.2 Å². The van der Waals surface area contributed by atoms with Crippen molar-refractivity contribution in [1.29, 1.82) is 0 Å². The van der Waals surface area contributed by atoms with E-state index in [1.54, 1.807) is 4.88 Å². The van der Waals surface area contributed by atoms with Gasteiger partial charge in [-0.1, -0.05) is 19.3 Å². The summed E-state index contributed by atoms with van der Waals surface area (Å²) in [6, 6.07) is 2.98. The van der Waals surface area contributed by atoms with Crippen molar-refractivity contribution in [2.75, 3.05) is 32.7 Å². The highest BCUT2D eigenvalue weighted by atomic mass is 32.1. The standard InChI is InChI=1S/C24H39N5OS/c1-3-25-24(26-15-18(2)28-13-10-22-20(16-28)11-14-31-22)27-21-9-12-29(17-21)23(30)19-7-5-4-6-8-19/h11,14,18-19,21H,3-10,12-13,15-17H2,1-2H3,(H2,25,26,27). The number of thiophene rings is 1. The Morgan fingerprint density at radius 3 is 2.90 bits per heavy atom. The summed E-state index contributed by atoms with van der Waals surface area (Å²) in [5, 5.41) is 9.22. The third-order valence-electron chi connectivity index (χ3n) is 7.11.